The van der Waals surface area contributed by atoms with Gasteiger partial charge < -0.3 is 4.74 Å². The average molecular weight is 457 g/mol. The van der Waals surface area contributed by atoms with Gasteiger partial charge in [0.2, 0.25) is 0 Å². The quantitative estimate of drug-likeness (QED) is 0.549. The van der Waals surface area contributed by atoms with Gasteiger partial charge >= 0.3 is 0 Å². The van der Waals surface area contributed by atoms with Crippen LogP contribution in [0.4, 0.5) is 10.2 Å². The summed E-state index contributed by atoms with van der Waals surface area (Å²) >= 11 is 4.46. The Morgan fingerprint density at radius 3 is 2.58 bits per heavy atom. The fourth-order valence-corrected chi connectivity index (χ4v) is 4.92. The van der Waals surface area contributed by atoms with Crippen LogP contribution in [0, 0.1) is 5.82 Å². The lowest BCUT2D eigenvalue weighted by molar-refractivity contribution is 0.414. The molecule has 2 aromatic carbocycles. The number of anilines is 1. The van der Waals surface area contributed by atoms with Gasteiger partial charge in [-0.05, 0) is 35.9 Å². The van der Waals surface area contributed by atoms with E-state index < -0.39 is 20.7 Å². The molecule has 9 heteroatoms. The van der Waals surface area contributed by atoms with Crippen LogP contribution in [0.25, 0.3) is 0 Å². The van der Waals surface area contributed by atoms with Crippen LogP contribution in [0.15, 0.2) is 62.7 Å². The first kappa shape index (κ1) is 18.8. The Labute approximate surface area is 163 Å². The second-order valence-corrected chi connectivity index (χ2v) is 8.75. The normalized spacial score (nSPS) is 11.3. The van der Waals surface area contributed by atoms with Gasteiger partial charge in [-0.3, -0.25) is 0 Å². The smallest absolute Gasteiger partial charge is 0.268 e. The number of sulfonamides is 1. The minimum atomic E-state index is -4.15. The van der Waals surface area contributed by atoms with Gasteiger partial charge in [-0.25, -0.2) is 22.1 Å². The molecule has 0 amide bonds. The van der Waals surface area contributed by atoms with Crippen molar-refractivity contribution >= 4 is 43.1 Å². The Morgan fingerprint density at radius 2 is 1.96 bits per heavy atom. The topological polar surface area (TPSA) is 59.5 Å². The molecule has 0 aliphatic carbocycles. The Kier molecular flexibility index (Phi) is 5.59. The van der Waals surface area contributed by atoms with Crippen LogP contribution in [0.3, 0.4) is 0 Å². The second-order valence-electron chi connectivity index (χ2n) is 5.28. The number of thiazole rings is 1. The summed E-state index contributed by atoms with van der Waals surface area (Å²) in [5, 5.41) is 1.61. The van der Waals surface area contributed by atoms with Crippen LogP contribution in [0.5, 0.6) is 5.75 Å². The first-order valence-electron chi connectivity index (χ1n) is 7.41. The lowest BCUT2D eigenvalue weighted by Crippen LogP contribution is -2.31. The van der Waals surface area contributed by atoms with Gasteiger partial charge in [0.05, 0.1) is 19.2 Å². The van der Waals surface area contributed by atoms with Crippen LogP contribution in [0.2, 0.25) is 0 Å². The van der Waals surface area contributed by atoms with Crippen LogP contribution >= 0.6 is 27.3 Å². The first-order chi connectivity index (χ1) is 12.4. The standard InChI is InChI=1S/C17H14BrFN2O3S2/c1-24-14-5-2-12(3-6-14)9-21(17-10-25-11-20-17)26(22,23)16-8-13(18)4-7-15(16)19/h2-8,10-11H,9H2,1H3. The highest BCUT2D eigenvalue weighted by Crippen LogP contribution is 2.29. The van der Waals surface area contributed by atoms with E-state index in [9.17, 15) is 12.8 Å². The SMILES string of the molecule is COc1ccc(CN(c2cscn2)S(=O)(=O)c2cc(Br)ccc2F)cc1. The van der Waals surface area contributed by atoms with Crippen LogP contribution in [-0.4, -0.2) is 20.5 Å². The number of nitrogens with zero attached hydrogens (tertiary/aromatic N) is 2. The first-order valence-corrected chi connectivity index (χ1v) is 10.6. The van der Waals surface area contributed by atoms with Crippen LogP contribution in [0.1, 0.15) is 5.56 Å². The van der Waals surface area contributed by atoms with Crippen molar-refractivity contribution in [3.05, 3.63) is 69.2 Å². The summed E-state index contributed by atoms with van der Waals surface area (Å²) < 4.78 is 47.2. The molecule has 3 rings (SSSR count). The van der Waals surface area contributed by atoms with E-state index in [0.717, 1.165) is 15.9 Å². The summed E-state index contributed by atoms with van der Waals surface area (Å²) in [5.74, 6) is 0.0863. The second kappa shape index (κ2) is 7.73. The van der Waals surface area contributed by atoms with Crippen molar-refractivity contribution in [1.29, 1.82) is 0 Å². The van der Waals surface area contributed by atoms with Crippen molar-refractivity contribution < 1.29 is 17.5 Å². The van der Waals surface area contributed by atoms with E-state index in [1.807, 2.05) is 0 Å². The molecule has 0 bridgehead atoms. The van der Waals surface area contributed by atoms with Gasteiger partial charge in [-0.1, -0.05) is 28.1 Å². The fraction of sp³-hybridized carbons (Fsp3) is 0.118. The minimum Gasteiger partial charge on any atom is -0.497 e. The molecule has 0 saturated carbocycles. The monoisotopic (exact) mass is 456 g/mol. The number of hydrogen-bond donors (Lipinski definition) is 0. The molecular weight excluding hydrogens is 443 g/mol. The molecule has 0 saturated heterocycles. The summed E-state index contributed by atoms with van der Waals surface area (Å²) in [6, 6.07) is 10.8. The minimum absolute atomic E-state index is 0.0159. The Bertz CT molecular complexity index is 993. The largest absolute Gasteiger partial charge is 0.497 e. The van der Waals surface area contributed by atoms with E-state index in [1.165, 1.54) is 29.0 Å². The molecule has 0 unspecified atom stereocenters. The summed E-state index contributed by atoms with van der Waals surface area (Å²) in [5.41, 5.74) is 2.25. The molecule has 1 aromatic heterocycles. The Balaban J connectivity index is 2.04. The van der Waals surface area contributed by atoms with E-state index in [-0.39, 0.29) is 12.4 Å². The summed E-state index contributed by atoms with van der Waals surface area (Å²) in [6.07, 6.45) is 0. The van der Waals surface area contributed by atoms with Crippen LogP contribution < -0.4 is 9.04 Å². The molecule has 136 valence electrons. The van der Waals surface area contributed by atoms with Gasteiger partial charge in [0, 0.05) is 9.85 Å². The maximum absolute atomic E-state index is 14.2. The molecule has 0 aliphatic heterocycles. The van der Waals surface area contributed by atoms with E-state index in [1.54, 1.807) is 36.8 Å². The van der Waals surface area contributed by atoms with E-state index in [0.29, 0.717) is 10.2 Å². The predicted octanol–water partition coefficient (Wildman–Crippen LogP) is 4.45. The Morgan fingerprint density at radius 1 is 1.23 bits per heavy atom. The van der Waals surface area contributed by atoms with Crippen molar-refractivity contribution in [3.8, 4) is 5.75 Å². The fourth-order valence-electron chi connectivity index (χ4n) is 2.31. The number of benzene rings is 2. The molecular formula is C17H14BrFN2O3S2. The van der Waals surface area contributed by atoms with Gasteiger partial charge in [0.25, 0.3) is 10.0 Å². The zero-order valence-corrected chi connectivity index (χ0v) is 16.8. The highest BCUT2D eigenvalue weighted by atomic mass is 79.9. The van der Waals surface area contributed by atoms with Crippen molar-refractivity contribution in [3.63, 3.8) is 0 Å². The lowest BCUT2D eigenvalue weighted by atomic mass is 10.2. The zero-order valence-electron chi connectivity index (χ0n) is 13.6. The maximum atomic E-state index is 14.2. The number of hydrogen-bond acceptors (Lipinski definition) is 5. The Hall–Kier alpha value is -1.97. The van der Waals surface area contributed by atoms with Crippen molar-refractivity contribution in [2.24, 2.45) is 0 Å². The number of ether oxygens (including phenoxy) is 1. The molecule has 26 heavy (non-hydrogen) atoms. The highest BCUT2D eigenvalue weighted by Gasteiger charge is 2.29. The van der Waals surface area contributed by atoms with Gasteiger partial charge in [-0.2, -0.15) is 0 Å². The molecule has 0 fully saturated rings. The van der Waals surface area contributed by atoms with Gasteiger partial charge in [-0.15, -0.1) is 11.3 Å². The predicted molar refractivity (Wildman–Crippen MR) is 103 cm³/mol. The van der Waals surface area contributed by atoms with Crippen molar-refractivity contribution in [2.45, 2.75) is 11.4 Å². The van der Waals surface area contributed by atoms with Crippen LogP contribution in [-0.2, 0) is 16.6 Å². The molecule has 0 atom stereocenters. The third-order valence-electron chi connectivity index (χ3n) is 3.62. The number of halogens is 2. The lowest BCUT2D eigenvalue weighted by Gasteiger charge is -2.23. The van der Waals surface area contributed by atoms with Crippen molar-refractivity contribution in [1.82, 2.24) is 4.98 Å². The molecule has 0 aliphatic rings. The molecule has 3 aromatic rings. The highest BCUT2D eigenvalue weighted by molar-refractivity contribution is 9.10. The third-order valence-corrected chi connectivity index (χ3v) is 6.45. The summed E-state index contributed by atoms with van der Waals surface area (Å²) in [6.45, 7) is 0.0159. The third kappa shape index (κ3) is 3.89. The van der Waals surface area contributed by atoms with E-state index in [2.05, 4.69) is 20.9 Å². The summed E-state index contributed by atoms with van der Waals surface area (Å²) in [7, 11) is -2.60. The summed E-state index contributed by atoms with van der Waals surface area (Å²) in [4.78, 5) is 3.69. The molecule has 5 nitrogen and oxygen atoms in total. The van der Waals surface area contributed by atoms with E-state index in [4.69, 9.17) is 4.74 Å². The maximum Gasteiger partial charge on any atom is 0.268 e. The van der Waals surface area contributed by atoms with Gasteiger partial charge in [0.1, 0.15) is 16.5 Å². The number of aromatic nitrogens is 1. The molecule has 1 heterocycles. The van der Waals surface area contributed by atoms with Crippen molar-refractivity contribution in [2.75, 3.05) is 11.4 Å². The number of rotatable bonds is 6. The van der Waals surface area contributed by atoms with E-state index >= 15 is 0 Å². The van der Waals surface area contributed by atoms with Gasteiger partial charge in [0.15, 0.2) is 5.82 Å². The molecule has 0 N–H and O–H groups in total. The zero-order chi connectivity index (χ0) is 18.7. The molecule has 0 spiro atoms. The molecule has 0 radical (unpaired) electrons. The number of methoxy groups -OCH3 is 1. The average Bonchev–Trinajstić information content (AvgIpc) is 3.16.